The predicted octanol–water partition coefficient (Wildman–Crippen LogP) is 4.04. The molecular weight excluding hydrogens is 296 g/mol. The highest BCUT2D eigenvalue weighted by Crippen LogP contribution is 2.24. The van der Waals surface area contributed by atoms with Crippen LogP contribution in [0.15, 0.2) is 54.7 Å². The van der Waals surface area contributed by atoms with Crippen LogP contribution in [0.25, 0.3) is 10.9 Å². The van der Waals surface area contributed by atoms with Gasteiger partial charge in [-0.1, -0.05) is 35.9 Å². The predicted molar refractivity (Wildman–Crippen MR) is 91.3 cm³/mol. The maximum Gasteiger partial charge on any atom is 0.0737 e. The lowest BCUT2D eigenvalue weighted by molar-refractivity contribution is 0.282. The third kappa shape index (κ3) is 3.38. The van der Waals surface area contributed by atoms with Crippen LogP contribution in [0.2, 0.25) is 5.02 Å². The molecule has 0 saturated carbocycles. The molecule has 0 aliphatic rings. The van der Waals surface area contributed by atoms with Crippen LogP contribution >= 0.6 is 11.6 Å². The average molecular weight is 313 g/mol. The largest absolute Gasteiger partial charge is 0.392 e. The van der Waals surface area contributed by atoms with Gasteiger partial charge in [0.25, 0.3) is 0 Å². The highest BCUT2D eigenvalue weighted by molar-refractivity contribution is 6.31. The molecule has 4 heteroatoms. The van der Waals surface area contributed by atoms with E-state index in [4.69, 9.17) is 16.7 Å². The Hall–Kier alpha value is -2.10. The van der Waals surface area contributed by atoms with Crippen LogP contribution in [0.1, 0.15) is 11.1 Å². The molecular formula is C18H17ClN2O. The monoisotopic (exact) mass is 312 g/mol. The number of aliphatic hydroxyl groups is 1. The lowest BCUT2D eigenvalue weighted by Gasteiger charge is -2.10. The fourth-order valence-corrected chi connectivity index (χ4v) is 2.59. The molecule has 0 saturated heterocycles. The van der Waals surface area contributed by atoms with Crippen LogP contribution in [0.3, 0.4) is 0 Å². The maximum atomic E-state index is 9.05. The molecule has 0 aliphatic heterocycles. The van der Waals surface area contributed by atoms with Gasteiger partial charge in [-0.05, 0) is 41.8 Å². The second-order valence-corrected chi connectivity index (χ2v) is 5.61. The van der Waals surface area contributed by atoms with E-state index in [0.29, 0.717) is 5.02 Å². The molecule has 0 unspecified atom stereocenters. The van der Waals surface area contributed by atoms with Gasteiger partial charge in [-0.2, -0.15) is 0 Å². The molecule has 0 radical (unpaired) electrons. The number of hydrogen-bond acceptors (Lipinski definition) is 3. The Kier molecular flexibility index (Phi) is 4.56. The van der Waals surface area contributed by atoms with Crippen LogP contribution in [-0.2, 0) is 13.0 Å². The minimum absolute atomic E-state index is 0.0874. The first-order valence-corrected chi connectivity index (χ1v) is 7.61. The summed E-state index contributed by atoms with van der Waals surface area (Å²) in [7, 11) is 0. The average Bonchev–Trinajstić information content (AvgIpc) is 2.55. The van der Waals surface area contributed by atoms with Gasteiger partial charge in [0, 0.05) is 28.8 Å². The Balaban J connectivity index is 1.68. The molecule has 22 heavy (non-hydrogen) atoms. The van der Waals surface area contributed by atoms with E-state index in [1.807, 2.05) is 36.4 Å². The normalized spacial score (nSPS) is 10.8. The molecule has 0 aliphatic carbocycles. The second-order valence-electron chi connectivity index (χ2n) is 5.17. The SMILES string of the molecule is OCc1ccc(CCNc2ccnc3cc(Cl)ccc23)cc1. The van der Waals surface area contributed by atoms with Gasteiger partial charge in [0.05, 0.1) is 12.1 Å². The lowest BCUT2D eigenvalue weighted by atomic mass is 10.1. The molecule has 3 aromatic rings. The number of rotatable bonds is 5. The molecule has 1 heterocycles. The van der Waals surface area contributed by atoms with E-state index < -0.39 is 0 Å². The highest BCUT2D eigenvalue weighted by atomic mass is 35.5. The van der Waals surface area contributed by atoms with Gasteiger partial charge in [0.15, 0.2) is 0 Å². The molecule has 2 aromatic carbocycles. The Bertz CT molecular complexity index is 772. The zero-order valence-corrected chi connectivity index (χ0v) is 12.8. The molecule has 0 amide bonds. The highest BCUT2D eigenvalue weighted by Gasteiger charge is 2.02. The smallest absolute Gasteiger partial charge is 0.0737 e. The quantitative estimate of drug-likeness (QED) is 0.747. The minimum Gasteiger partial charge on any atom is -0.392 e. The van der Waals surface area contributed by atoms with Crippen molar-refractivity contribution < 1.29 is 5.11 Å². The first-order chi connectivity index (χ1) is 10.8. The van der Waals surface area contributed by atoms with Crippen molar-refractivity contribution in [1.82, 2.24) is 4.98 Å². The zero-order valence-electron chi connectivity index (χ0n) is 12.1. The number of halogens is 1. The van der Waals surface area contributed by atoms with Crippen molar-refractivity contribution in [3.8, 4) is 0 Å². The number of nitrogens with one attached hydrogen (secondary N) is 1. The summed E-state index contributed by atoms with van der Waals surface area (Å²) in [5, 5.41) is 14.3. The Morgan fingerprint density at radius 1 is 1.00 bits per heavy atom. The van der Waals surface area contributed by atoms with E-state index in [0.717, 1.165) is 35.1 Å². The summed E-state index contributed by atoms with van der Waals surface area (Å²) in [5.41, 5.74) is 4.14. The van der Waals surface area contributed by atoms with Crippen LogP contribution in [-0.4, -0.2) is 16.6 Å². The van der Waals surface area contributed by atoms with Crippen LogP contribution < -0.4 is 5.32 Å². The van der Waals surface area contributed by atoms with Crippen molar-refractivity contribution in [3.05, 3.63) is 70.9 Å². The van der Waals surface area contributed by atoms with Crippen LogP contribution in [0, 0.1) is 0 Å². The molecule has 0 fully saturated rings. The van der Waals surface area contributed by atoms with Gasteiger partial charge < -0.3 is 10.4 Å². The van der Waals surface area contributed by atoms with Crippen molar-refractivity contribution in [2.24, 2.45) is 0 Å². The van der Waals surface area contributed by atoms with E-state index in [1.54, 1.807) is 6.20 Å². The first kappa shape index (κ1) is 14.8. The van der Waals surface area contributed by atoms with Crippen molar-refractivity contribution >= 4 is 28.2 Å². The summed E-state index contributed by atoms with van der Waals surface area (Å²) in [6.45, 7) is 0.921. The third-order valence-electron chi connectivity index (χ3n) is 3.64. The van der Waals surface area contributed by atoms with E-state index in [9.17, 15) is 0 Å². The molecule has 3 nitrogen and oxygen atoms in total. The Labute approximate surface area is 134 Å². The van der Waals surface area contributed by atoms with Crippen LogP contribution in [0.4, 0.5) is 5.69 Å². The van der Waals surface area contributed by atoms with Crippen molar-refractivity contribution in [1.29, 1.82) is 0 Å². The number of hydrogen-bond donors (Lipinski definition) is 2. The number of fused-ring (bicyclic) bond motifs is 1. The Morgan fingerprint density at radius 3 is 2.55 bits per heavy atom. The molecule has 0 bridgehead atoms. The number of nitrogens with zero attached hydrogens (tertiary/aromatic N) is 1. The minimum atomic E-state index is 0.0874. The number of benzene rings is 2. The third-order valence-corrected chi connectivity index (χ3v) is 3.87. The summed E-state index contributed by atoms with van der Waals surface area (Å²) < 4.78 is 0. The number of pyridine rings is 1. The molecule has 3 rings (SSSR count). The molecule has 1 aromatic heterocycles. The van der Waals surface area contributed by atoms with Gasteiger partial charge >= 0.3 is 0 Å². The van der Waals surface area contributed by atoms with Crippen molar-refractivity contribution in [2.45, 2.75) is 13.0 Å². The second kappa shape index (κ2) is 6.77. The summed E-state index contributed by atoms with van der Waals surface area (Å²) in [6.07, 6.45) is 2.71. The van der Waals surface area contributed by atoms with Crippen molar-refractivity contribution in [2.75, 3.05) is 11.9 Å². The van der Waals surface area contributed by atoms with E-state index in [1.165, 1.54) is 5.56 Å². The zero-order chi connectivity index (χ0) is 15.4. The number of anilines is 1. The van der Waals surface area contributed by atoms with E-state index >= 15 is 0 Å². The standard InChI is InChI=1S/C18H17ClN2O/c19-15-5-6-16-17(8-10-21-18(16)11-15)20-9-7-13-1-3-14(12-22)4-2-13/h1-6,8,10-11,22H,7,9,12H2,(H,20,21). The van der Waals surface area contributed by atoms with Crippen LogP contribution in [0.5, 0.6) is 0 Å². The fourth-order valence-electron chi connectivity index (χ4n) is 2.43. The summed E-state index contributed by atoms with van der Waals surface area (Å²) in [5.74, 6) is 0. The van der Waals surface area contributed by atoms with Gasteiger partial charge in [0.2, 0.25) is 0 Å². The topological polar surface area (TPSA) is 45.1 Å². The van der Waals surface area contributed by atoms with E-state index in [2.05, 4.69) is 22.4 Å². The molecule has 112 valence electrons. The van der Waals surface area contributed by atoms with Gasteiger partial charge in [-0.15, -0.1) is 0 Å². The lowest BCUT2D eigenvalue weighted by Crippen LogP contribution is -2.05. The number of aliphatic hydroxyl groups excluding tert-OH is 1. The summed E-state index contributed by atoms with van der Waals surface area (Å²) in [6, 6.07) is 15.7. The van der Waals surface area contributed by atoms with Crippen molar-refractivity contribution in [3.63, 3.8) is 0 Å². The summed E-state index contributed by atoms with van der Waals surface area (Å²) in [4.78, 5) is 4.34. The van der Waals surface area contributed by atoms with Gasteiger partial charge in [0.1, 0.15) is 0 Å². The van der Waals surface area contributed by atoms with Gasteiger partial charge in [-0.25, -0.2) is 0 Å². The number of aromatic nitrogens is 1. The Morgan fingerprint density at radius 2 is 1.77 bits per heavy atom. The first-order valence-electron chi connectivity index (χ1n) is 7.23. The van der Waals surface area contributed by atoms with E-state index in [-0.39, 0.29) is 6.61 Å². The summed E-state index contributed by atoms with van der Waals surface area (Å²) >= 11 is 6.00. The fraction of sp³-hybridized carbons (Fsp3) is 0.167. The maximum absolute atomic E-state index is 9.05. The molecule has 0 atom stereocenters. The molecule has 2 N–H and O–H groups in total. The molecule has 0 spiro atoms. The van der Waals surface area contributed by atoms with Gasteiger partial charge in [-0.3, -0.25) is 4.98 Å².